The molecule has 3 heterocycles. The zero-order valence-electron chi connectivity index (χ0n) is 18.6. The maximum Gasteiger partial charge on any atom is 0.145 e. The molecule has 1 unspecified atom stereocenters. The largest absolute Gasteiger partial charge is 0.356 e. The molecule has 0 N–H and O–H groups in total. The van der Waals surface area contributed by atoms with Gasteiger partial charge in [0.25, 0.3) is 0 Å². The molecule has 0 radical (unpaired) electrons. The van der Waals surface area contributed by atoms with Crippen molar-refractivity contribution in [2.24, 2.45) is 0 Å². The molecule has 4 rings (SSSR count). The van der Waals surface area contributed by atoms with Crippen molar-refractivity contribution >= 4 is 21.9 Å². The normalized spacial score (nSPS) is 12.3. The van der Waals surface area contributed by atoms with Crippen LogP contribution in [0.25, 0.3) is 22.3 Å². The maximum atomic E-state index is 9.24. The number of fused-ring (bicyclic) bond motifs is 1. The molecular formula is C24H27N6OS+. The third-order valence-electron chi connectivity index (χ3n) is 5.40. The van der Waals surface area contributed by atoms with Crippen molar-refractivity contribution in [2.45, 2.75) is 26.1 Å². The molecule has 7 nitrogen and oxygen atoms in total. The van der Waals surface area contributed by atoms with Crippen molar-refractivity contribution in [3.8, 4) is 17.3 Å². The van der Waals surface area contributed by atoms with Crippen molar-refractivity contribution in [3.63, 3.8) is 0 Å². The van der Waals surface area contributed by atoms with E-state index in [0.29, 0.717) is 23.2 Å². The Morgan fingerprint density at radius 1 is 1.22 bits per heavy atom. The molecule has 4 aromatic rings. The number of ether oxygens (including phenoxy) is 1. The van der Waals surface area contributed by atoms with Gasteiger partial charge in [0.2, 0.25) is 0 Å². The van der Waals surface area contributed by atoms with Crippen LogP contribution in [-0.4, -0.2) is 49.2 Å². The molecule has 8 heteroatoms. The van der Waals surface area contributed by atoms with Crippen LogP contribution in [0.2, 0.25) is 0 Å². The highest BCUT2D eigenvalue weighted by Crippen LogP contribution is 2.28. The van der Waals surface area contributed by atoms with Crippen LogP contribution in [0.15, 0.2) is 55.2 Å². The monoisotopic (exact) mass is 447 g/mol. The van der Waals surface area contributed by atoms with Gasteiger partial charge in [-0.3, -0.25) is 4.68 Å². The second-order valence-corrected chi connectivity index (χ2v) is 10.2. The molecule has 0 aliphatic carbocycles. The number of hydrogen-bond donors (Lipinski definition) is 0. The summed E-state index contributed by atoms with van der Waals surface area (Å²) in [6, 6.07) is 12.0. The van der Waals surface area contributed by atoms with Crippen LogP contribution in [-0.2, 0) is 22.4 Å². The van der Waals surface area contributed by atoms with E-state index in [9.17, 15) is 5.26 Å². The Morgan fingerprint density at radius 3 is 2.88 bits per heavy atom. The molecule has 0 spiro atoms. The van der Waals surface area contributed by atoms with Crippen LogP contribution in [0.5, 0.6) is 0 Å². The van der Waals surface area contributed by atoms with Crippen molar-refractivity contribution in [1.82, 2.24) is 24.3 Å². The number of benzene rings is 1. The lowest BCUT2D eigenvalue weighted by molar-refractivity contribution is 0.0924. The summed E-state index contributed by atoms with van der Waals surface area (Å²) in [5, 5.41) is 14.8. The zero-order chi connectivity index (χ0) is 22.5. The van der Waals surface area contributed by atoms with Crippen molar-refractivity contribution in [3.05, 3.63) is 66.4 Å². The van der Waals surface area contributed by atoms with E-state index in [-0.39, 0.29) is 6.04 Å². The average molecular weight is 448 g/mol. The predicted octanol–water partition coefficient (Wildman–Crippen LogP) is 4.02. The van der Waals surface area contributed by atoms with Crippen LogP contribution in [0, 0.1) is 11.3 Å². The maximum absolute atomic E-state index is 9.24. The summed E-state index contributed by atoms with van der Waals surface area (Å²) >= 11 is 0. The first-order chi connectivity index (χ1) is 15.6. The van der Waals surface area contributed by atoms with Gasteiger partial charge in [-0.25, -0.2) is 9.97 Å². The molecule has 0 bridgehead atoms. The summed E-state index contributed by atoms with van der Waals surface area (Å²) in [4.78, 5) is 9.03. The molecule has 1 aromatic carbocycles. The van der Waals surface area contributed by atoms with E-state index in [2.05, 4.69) is 40.6 Å². The Morgan fingerprint density at radius 2 is 2.09 bits per heavy atom. The van der Waals surface area contributed by atoms with Gasteiger partial charge in [-0.1, -0.05) is 19.1 Å². The lowest BCUT2D eigenvalue weighted by atomic mass is 10.0. The Bertz CT molecular complexity index is 1240. The van der Waals surface area contributed by atoms with E-state index in [1.807, 2.05) is 58.2 Å². The first-order valence-corrected chi connectivity index (χ1v) is 12.8. The molecule has 164 valence electrons. The summed E-state index contributed by atoms with van der Waals surface area (Å²) in [6.07, 6.45) is 12.7. The summed E-state index contributed by atoms with van der Waals surface area (Å²) in [6.45, 7) is 3.34. The van der Waals surface area contributed by atoms with E-state index in [1.54, 1.807) is 6.33 Å². The summed E-state index contributed by atoms with van der Waals surface area (Å²) < 4.78 is 9.79. The van der Waals surface area contributed by atoms with Gasteiger partial charge in [0.05, 0.1) is 48.7 Å². The van der Waals surface area contributed by atoms with Crippen LogP contribution >= 0.6 is 0 Å². The summed E-state index contributed by atoms with van der Waals surface area (Å²) in [7, 11) is 0.377. The van der Waals surface area contributed by atoms with E-state index in [0.717, 1.165) is 46.6 Å². The molecule has 0 fully saturated rings. The van der Waals surface area contributed by atoms with Gasteiger partial charge < -0.3 is 9.30 Å². The highest BCUT2D eigenvalue weighted by Gasteiger charge is 2.17. The minimum Gasteiger partial charge on any atom is -0.356 e. The standard InChI is InChI=1S/C24H27N6OS/c1-4-22(19-7-5-6-18(12-19)13-25)30-15-20(14-28-30)23-21-8-9-29(24(21)27-16-26-23)17-31-10-11-32(2)3/h5-9,12,14-16,22H,4,10-11,17H2,1-3H3/q+1. The molecule has 0 saturated heterocycles. The fraction of sp³-hybridized carbons (Fsp3) is 0.333. The van der Waals surface area contributed by atoms with Gasteiger partial charge in [-0.05, 0) is 41.1 Å². The number of hydrogen-bond acceptors (Lipinski definition) is 5. The minimum atomic E-state index is 0.0500. The number of nitriles is 1. The van der Waals surface area contributed by atoms with Gasteiger partial charge in [0.1, 0.15) is 24.5 Å². The van der Waals surface area contributed by atoms with Crippen LogP contribution in [0.1, 0.15) is 30.5 Å². The molecule has 3 aromatic heterocycles. The minimum absolute atomic E-state index is 0.0500. The van der Waals surface area contributed by atoms with Gasteiger partial charge in [-0.15, -0.1) is 0 Å². The van der Waals surface area contributed by atoms with Gasteiger partial charge in [0.15, 0.2) is 0 Å². The smallest absolute Gasteiger partial charge is 0.145 e. The number of rotatable bonds is 9. The van der Waals surface area contributed by atoms with Crippen molar-refractivity contribution < 1.29 is 4.74 Å². The highest BCUT2D eigenvalue weighted by molar-refractivity contribution is 7.95. The molecule has 0 saturated carbocycles. The lowest BCUT2D eigenvalue weighted by Gasteiger charge is -2.16. The molecular weight excluding hydrogens is 420 g/mol. The Kier molecular flexibility index (Phi) is 6.88. The molecule has 32 heavy (non-hydrogen) atoms. The van der Waals surface area contributed by atoms with Gasteiger partial charge in [0, 0.05) is 23.3 Å². The summed E-state index contributed by atoms with van der Waals surface area (Å²) in [5.74, 6) is 1.06. The Balaban J connectivity index is 1.59. The van der Waals surface area contributed by atoms with Crippen LogP contribution < -0.4 is 0 Å². The van der Waals surface area contributed by atoms with E-state index >= 15 is 0 Å². The fourth-order valence-electron chi connectivity index (χ4n) is 3.75. The quantitative estimate of drug-likeness (QED) is 0.286. The molecule has 0 aliphatic rings. The SMILES string of the molecule is CCC(c1cccc(C#N)c1)n1cc(-c2ncnc3c2ccn3COCC[S+](C)C)cn1. The van der Waals surface area contributed by atoms with Crippen LogP contribution in [0.4, 0.5) is 0 Å². The summed E-state index contributed by atoms with van der Waals surface area (Å²) in [5.41, 5.74) is 4.36. The molecule has 1 atom stereocenters. The average Bonchev–Trinajstić information content (AvgIpc) is 3.45. The van der Waals surface area contributed by atoms with Gasteiger partial charge >= 0.3 is 0 Å². The zero-order valence-corrected chi connectivity index (χ0v) is 19.4. The third kappa shape index (κ3) is 4.69. The predicted molar refractivity (Wildman–Crippen MR) is 128 cm³/mol. The fourth-order valence-corrected chi connectivity index (χ4v) is 4.20. The number of nitrogens with zero attached hydrogens (tertiary/aromatic N) is 6. The third-order valence-corrected chi connectivity index (χ3v) is 6.39. The lowest BCUT2D eigenvalue weighted by Crippen LogP contribution is -2.11. The van der Waals surface area contributed by atoms with E-state index in [1.165, 1.54) is 0 Å². The first kappa shape index (κ1) is 22.1. The first-order valence-electron chi connectivity index (χ1n) is 10.6. The van der Waals surface area contributed by atoms with Gasteiger partial charge in [-0.2, -0.15) is 10.4 Å². The molecule has 0 aliphatic heterocycles. The second-order valence-electron chi connectivity index (χ2n) is 7.84. The highest BCUT2D eigenvalue weighted by atomic mass is 32.2. The topological polar surface area (TPSA) is 81.5 Å². The Hall–Kier alpha value is -3.15. The van der Waals surface area contributed by atoms with Crippen molar-refractivity contribution in [1.29, 1.82) is 5.26 Å². The number of aromatic nitrogens is 5. The van der Waals surface area contributed by atoms with Crippen molar-refractivity contribution in [2.75, 3.05) is 24.9 Å². The molecule has 0 amide bonds. The second kappa shape index (κ2) is 9.98. The van der Waals surface area contributed by atoms with E-state index < -0.39 is 0 Å². The Labute approximate surface area is 191 Å². The van der Waals surface area contributed by atoms with E-state index in [4.69, 9.17) is 4.74 Å². The van der Waals surface area contributed by atoms with Crippen LogP contribution in [0.3, 0.4) is 0 Å².